The minimum absolute atomic E-state index is 0.795. The smallest absolute Gasteiger partial charge is 0.0230 e. The van der Waals surface area contributed by atoms with Crippen molar-refractivity contribution in [1.82, 2.24) is 10.2 Å². The molecule has 0 heterocycles. The van der Waals surface area contributed by atoms with Crippen LogP contribution in [-0.4, -0.2) is 24.5 Å². The van der Waals surface area contributed by atoms with Crippen LogP contribution in [-0.2, 0) is 13.1 Å². The van der Waals surface area contributed by atoms with Gasteiger partial charge in [0, 0.05) is 25.7 Å². The lowest BCUT2D eigenvalue weighted by Gasteiger charge is -2.21. The zero-order valence-corrected chi connectivity index (χ0v) is 12.8. The monoisotopic (exact) mass is 272 g/mol. The average Bonchev–Trinajstić information content (AvgIpc) is 3.14. The number of hydrogen-bond donors (Lipinski definition) is 1. The molecular formula is C18H28N2. The van der Waals surface area contributed by atoms with Crippen LogP contribution in [0, 0.1) is 5.92 Å². The zero-order chi connectivity index (χ0) is 13.8. The molecule has 0 bridgehead atoms. The van der Waals surface area contributed by atoms with E-state index in [1.807, 2.05) is 0 Å². The summed E-state index contributed by atoms with van der Waals surface area (Å²) in [6.07, 6.45) is 8.50. The Labute approximate surface area is 123 Å². The third-order valence-corrected chi connectivity index (χ3v) is 4.66. The summed E-state index contributed by atoms with van der Waals surface area (Å²) in [6.45, 7) is 3.39. The maximum absolute atomic E-state index is 3.60. The van der Waals surface area contributed by atoms with Gasteiger partial charge < -0.3 is 10.2 Å². The van der Waals surface area contributed by atoms with E-state index in [-0.39, 0.29) is 0 Å². The number of hydrogen-bond acceptors (Lipinski definition) is 2. The van der Waals surface area contributed by atoms with E-state index in [4.69, 9.17) is 0 Å². The Kier molecular flexibility index (Phi) is 4.74. The number of rotatable bonds is 7. The summed E-state index contributed by atoms with van der Waals surface area (Å²) < 4.78 is 0. The Morgan fingerprint density at radius 1 is 1.10 bits per heavy atom. The summed E-state index contributed by atoms with van der Waals surface area (Å²) in [7, 11) is 2.27. The molecule has 110 valence electrons. The lowest BCUT2D eigenvalue weighted by atomic mass is 10.1. The summed E-state index contributed by atoms with van der Waals surface area (Å²) in [6, 6.07) is 9.90. The molecule has 1 aromatic rings. The van der Waals surface area contributed by atoms with Gasteiger partial charge in [0.25, 0.3) is 0 Å². The predicted molar refractivity (Wildman–Crippen MR) is 84.6 cm³/mol. The van der Waals surface area contributed by atoms with Gasteiger partial charge in [0.1, 0.15) is 0 Å². The van der Waals surface area contributed by atoms with Crippen molar-refractivity contribution in [3.05, 3.63) is 35.4 Å². The molecule has 3 rings (SSSR count). The molecule has 0 amide bonds. The van der Waals surface area contributed by atoms with Crippen molar-refractivity contribution in [1.29, 1.82) is 0 Å². The van der Waals surface area contributed by atoms with E-state index in [2.05, 4.69) is 41.5 Å². The molecule has 0 aromatic heterocycles. The van der Waals surface area contributed by atoms with Crippen molar-refractivity contribution < 1.29 is 0 Å². The third kappa shape index (κ3) is 4.32. The highest BCUT2D eigenvalue weighted by Crippen LogP contribution is 2.25. The van der Waals surface area contributed by atoms with Gasteiger partial charge in [0.2, 0.25) is 0 Å². The second-order valence-corrected chi connectivity index (χ2v) is 6.82. The second-order valence-electron chi connectivity index (χ2n) is 6.82. The van der Waals surface area contributed by atoms with Crippen LogP contribution in [0.15, 0.2) is 24.3 Å². The van der Waals surface area contributed by atoms with Crippen LogP contribution < -0.4 is 5.32 Å². The molecule has 0 radical (unpaired) electrons. The lowest BCUT2D eigenvalue weighted by molar-refractivity contribution is 0.271. The highest BCUT2D eigenvalue weighted by Gasteiger charge is 2.20. The van der Waals surface area contributed by atoms with E-state index in [9.17, 15) is 0 Å². The molecule has 20 heavy (non-hydrogen) atoms. The van der Waals surface area contributed by atoms with Gasteiger partial charge in [0.15, 0.2) is 0 Å². The summed E-state index contributed by atoms with van der Waals surface area (Å²) in [4.78, 5) is 2.50. The number of nitrogens with one attached hydrogen (secondary N) is 1. The van der Waals surface area contributed by atoms with E-state index < -0.39 is 0 Å². The molecule has 0 aliphatic heterocycles. The fourth-order valence-electron chi connectivity index (χ4n) is 3.40. The highest BCUT2D eigenvalue weighted by atomic mass is 15.1. The van der Waals surface area contributed by atoms with Gasteiger partial charge in [-0.15, -0.1) is 0 Å². The first-order chi connectivity index (χ1) is 9.79. The quantitative estimate of drug-likeness (QED) is 0.816. The van der Waals surface area contributed by atoms with Gasteiger partial charge in [-0.05, 0) is 49.8 Å². The Hall–Kier alpha value is -0.860. The molecule has 2 nitrogen and oxygen atoms in total. The lowest BCUT2D eigenvalue weighted by Crippen LogP contribution is -2.24. The van der Waals surface area contributed by atoms with Gasteiger partial charge in [-0.25, -0.2) is 0 Å². The van der Waals surface area contributed by atoms with Crippen LogP contribution in [0.25, 0.3) is 0 Å². The molecule has 2 aliphatic carbocycles. The van der Waals surface area contributed by atoms with Gasteiger partial charge in [0.05, 0.1) is 0 Å². The molecule has 1 aromatic carbocycles. The van der Waals surface area contributed by atoms with Crippen LogP contribution in [0.5, 0.6) is 0 Å². The molecular weight excluding hydrogens is 244 g/mol. The van der Waals surface area contributed by atoms with Gasteiger partial charge in [-0.3, -0.25) is 0 Å². The van der Waals surface area contributed by atoms with Gasteiger partial charge >= 0.3 is 0 Å². The first kappa shape index (κ1) is 14.1. The van der Waals surface area contributed by atoms with E-state index in [0.717, 1.165) is 25.0 Å². The molecule has 0 spiro atoms. The van der Waals surface area contributed by atoms with Crippen molar-refractivity contribution in [2.45, 2.75) is 57.7 Å². The standard InChI is InChI=1S/C18H28N2/c1-20(13-15-5-2-3-6-15)14-17-8-4-7-16(11-17)12-19-18-9-10-18/h4,7-8,11,15,18-19H,2-3,5-6,9-10,12-14H2,1H3. The average molecular weight is 272 g/mol. The van der Waals surface area contributed by atoms with Crippen LogP contribution in [0.4, 0.5) is 0 Å². The molecule has 1 N–H and O–H groups in total. The highest BCUT2D eigenvalue weighted by molar-refractivity contribution is 5.23. The van der Waals surface area contributed by atoms with Crippen molar-refractivity contribution in [3.8, 4) is 0 Å². The van der Waals surface area contributed by atoms with Crippen LogP contribution in [0.3, 0.4) is 0 Å². The molecule has 0 saturated heterocycles. The van der Waals surface area contributed by atoms with Crippen molar-refractivity contribution in [2.24, 2.45) is 5.92 Å². The Balaban J connectivity index is 1.48. The molecule has 2 heteroatoms. The Bertz CT molecular complexity index is 419. The minimum atomic E-state index is 0.795. The maximum Gasteiger partial charge on any atom is 0.0230 e. The van der Waals surface area contributed by atoms with Gasteiger partial charge in [-0.2, -0.15) is 0 Å². The predicted octanol–water partition coefficient (Wildman–Crippen LogP) is 3.56. The minimum Gasteiger partial charge on any atom is -0.310 e. The molecule has 2 saturated carbocycles. The summed E-state index contributed by atoms with van der Waals surface area (Å²) >= 11 is 0. The fourth-order valence-corrected chi connectivity index (χ4v) is 3.40. The fraction of sp³-hybridized carbons (Fsp3) is 0.667. The summed E-state index contributed by atoms with van der Waals surface area (Å²) in [5.41, 5.74) is 2.89. The Morgan fingerprint density at radius 3 is 2.60 bits per heavy atom. The summed E-state index contributed by atoms with van der Waals surface area (Å²) in [5, 5.41) is 3.60. The second kappa shape index (κ2) is 6.73. The van der Waals surface area contributed by atoms with Crippen LogP contribution in [0.1, 0.15) is 49.7 Å². The first-order valence-corrected chi connectivity index (χ1v) is 8.29. The maximum atomic E-state index is 3.60. The number of benzene rings is 1. The van der Waals surface area contributed by atoms with Crippen molar-refractivity contribution in [3.63, 3.8) is 0 Å². The largest absolute Gasteiger partial charge is 0.310 e. The molecule has 0 unspecified atom stereocenters. The normalized spacial score (nSPS) is 19.9. The molecule has 2 fully saturated rings. The van der Waals surface area contributed by atoms with Crippen molar-refractivity contribution >= 4 is 0 Å². The van der Waals surface area contributed by atoms with E-state index in [1.54, 1.807) is 0 Å². The topological polar surface area (TPSA) is 15.3 Å². The zero-order valence-electron chi connectivity index (χ0n) is 12.8. The molecule has 2 aliphatic rings. The van der Waals surface area contributed by atoms with Gasteiger partial charge in [-0.1, -0.05) is 37.1 Å². The third-order valence-electron chi connectivity index (χ3n) is 4.66. The van der Waals surface area contributed by atoms with E-state index in [0.29, 0.717) is 0 Å². The first-order valence-electron chi connectivity index (χ1n) is 8.29. The molecule has 0 atom stereocenters. The van der Waals surface area contributed by atoms with E-state index in [1.165, 1.54) is 56.2 Å². The SMILES string of the molecule is CN(Cc1cccc(CNC2CC2)c1)CC1CCCC1. The van der Waals surface area contributed by atoms with Crippen molar-refractivity contribution in [2.75, 3.05) is 13.6 Å². The Morgan fingerprint density at radius 2 is 1.85 bits per heavy atom. The van der Waals surface area contributed by atoms with Crippen LogP contribution in [0.2, 0.25) is 0 Å². The number of nitrogens with zero attached hydrogens (tertiary/aromatic N) is 1. The van der Waals surface area contributed by atoms with Crippen LogP contribution >= 0.6 is 0 Å². The van der Waals surface area contributed by atoms with E-state index >= 15 is 0 Å². The summed E-state index contributed by atoms with van der Waals surface area (Å²) in [5.74, 6) is 0.944.